The monoisotopic (exact) mass is 408 g/mol. The number of aromatic amines is 1. The number of nitrogens with zero attached hydrogens (tertiary/aromatic N) is 3. The average Bonchev–Trinajstić information content (AvgIpc) is 2.99. The lowest BCUT2D eigenvalue weighted by Gasteiger charge is -2.07. The van der Waals surface area contributed by atoms with Gasteiger partial charge in [-0.25, -0.2) is 5.10 Å². The summed E-state index contributed by atoms with van der Waals surface area (Å²) in [6, 6.07) is 12.4. The number of hydrogen-bond acceptors (Lipinski definition) is 5. The summed E-state index contributed by atoms with van der Waals surface area (Å²) >= 11 is 17.3. The summed E-state index contributed by atoms with van der Waals surface area (Å²) in [5.41, 5.74) is 0.707. The Morgan fingerprint density at radius 1 is 1.23 bits per heavy atom. The van der Waals surface area contributed by atoms with Gasteiger partial charge in [0.15, 0.2) is 5.82 Å². The molecule has 26 heavy (non-hydrogen) atoms. The topological polar surface area (TPSA) is 64.4 Å². The molecule has 0 saturated carbocycles. The fourth-order valence-electron chi connectivity index (χ4n) is 2.10. The summed E-state index contributed by atoms with van der Waals surface area (Å²) in [6.45, 7) is 0.173. The molecule has 134 valence electrons. The van der Waals surface area contributed by atoms with E-state index in [4.69, 9.17) is 44.9 Å². The Kier molecular flexibility index (Phi) is 5.92. The maximum Gasteiger partial charge on any atom is 0.216 e. The molecule has 0 aliphatic rings. The molecule has 1 aromatic heterocycles. The van der Waals surface area contributed by atoms with Crippen LogP contribution in [0.2, 0.25) is 10.0 Å². The highest BCUT2D eigenvalue weighted by Crippen LogP contribution is 2.21. The van der Waals surface area contributed by atoms with Crippen molar-refractivity contribution in [1.82, 2.24) is 14.9 Å². The first-order valence-corrected chi connectivity index (χ1v) is 8.66. The maximum absolute atomic E-state index is 6.15. The van der Waals surface area contributed by atoms with Gasteiger partial charge in [0.1, 0.15) is 18.1 Å². The van der Waals surface area contributed by atoms with Crippen molar-refractivity contribution < 1.29 is 9.47 Å². The highest BCUT2D eigenvalue weighted by Gasteiger charge is 2.07. The van der Waals surface area contributed by atoms with Crippen LogP contribution in [0.4, 0.5) is 0 Å². The molecular formula is C17H14Cl2N4O2S. The van der Waals surface area contributed by atoms with Crippen molar-refractivity contribution >= 4 is 41.6 Å². The zero-order chi connectivity index (χ0) is 18.5. The van der Waals surface area contributed by atoms with Gasteiger partial charge in [-0.1, -0.05) is 35.3 Å². The van der Waals surface area contributed by atoms with E-state index in [9.17, 15) is 0 Å². The molecule has 0 radical (unpaired) electrons. The Morgan fingerprint density at radius 3 is 2.81 bits per heavy atom. The predicted octanol–water partition coefficient (Wildman–Crippen LogP) is 4.72. The van der Waals surface area contributed by atoms with Gasteiger partial charge in [0.2, 0.25) is 4.77 Å². The molecule has 3 aromatic rings. The van der Waals surface area contributed by atoms with Crippen LogP contribution in [0.25, 0.3) is 0 Å². The van der Waals surface area contributed by atoms with Crippen LogP contribution in [0, 0.1) is 4.77 Å². The highest BCUT2D eigenvalue weighted by molar-refractivity contribution is 7.71. The first kappa shape index (κ1) is 18.4. The molecule has 0 aliphatic carbocycles. The van der Waals surface area contributed by atoms with Crippen LogP contribution < -0.4 is 9.47 Å². The molecule has 0 unspecified atom stereocenters. The summed E-state index contributed by atoms with van der Waals surface area (Å²) in [5, 5.41) is 12.2. The third-order valence-electron chi connectivity index (χ3n) is 3.40. The molecule has 0 spiro atoms. The number of benzene rings is 2. The number of H-pyrrole nitrogens is 1. The van der Waals surface area contributed by atoms with Gasteiger partial charge in [-0.15, -0.1) is 0 Å². The van der Waals surface area contributed by atoms with Gasteiger partial charge in [-0.3, -0.25) is 0 Å². The zero-order valence-corrected chi connectivity index (χ0v) is 16.0. The third kappa shape index (κ3) is 4.43. The quantitative estimate of drug-likeness (QED) is 0.473. The largest absolute Gasteiger partial charge is 0.497 e. The second-order valence-electron chi connectivity index (χ2n) is 5.13. The summed E-state index contributed by atoms with van der Waals surface area (Å²) < 4.78 is 12.7. The van der Waals surface area contributed by atoms with Crippen molar-refractivity contribution in [3.05, 3.63) is 68.7 Å². The fourth-order valence-corrected chi connectivity index (χ4v) is 2.76. The van der Waals surface area contributed by atoms with Gasteiger partial charge < -0.3 is 9.47 Å². The molecular weight excluding hydrogens is 395 g/mol. The molecule has 9 heteroatoms. The first-order valence-electron chi connectivity index (χ1n) is 7.49. The minimum Gasteiger partial charge on any atom is -0.497 e. The molecule has 1 N–H and O–H groups in total. The standard InChI is InChI=1S/C17H14Cl2N4O2S/c1-24-13-3-2-4-14(8-13)25-10-16-21-22-17(26)23(16)20-9-11-5-6-12(18)7-15(11)19/h2-9H,10H2,1H3,(H,22,26)/b20-9-. The van der Waals surface area contributed by atoms with E-state index in [0.717, 1.165) is 0 Å². The van der Waals surface area contributed by atoms with Gasteiger partial charge in [-0.2, -0.15) is 14.9 Å². The average molecular weight is 409 g/mol. The van der Waals surface area contributed by atoms with Gasteiger partial charge >= 0.3 is 0 Å². The van der Waals surface area contributed by atoms with E-state index in [1.54, 1.807) is 37.6 Å². The Hall–Kier alpha value is -2.35. The van der Waals surface area contributed by atoms with Crippen LogP contribution in [0.3, 0.4) is 0 Å². The molecule has 6 nitrogen and oxygen atoms in total. The van der Waals surface area contributed by atoms with Crippen molar-refractivity contribution in [3.8, 4) is 11.5 Å². The number of hydrogen-bond donors (Lipinski definition) is 1. The van der Waals surface area contributed by atoms with E-state index in [0.29, 0.717) is 37.7 Å². The summed E-state index contributed by atoms with van der Waals surface area (Å²) in [5.74, 6) is 1.87. The summed E-state index contributed by atoms with van der Waals surface area (Å²) in [4.78, 5) is 0. The minimum absolute atomic E-state index is 0.173. The van der Waals surface area contributed by atoms with Crippen LogP contribution in [-0.2, 0) is 6.61 Å². The second kappa shape index (κ2) is 8.35. The molecule has 1 heterocycles. The smallest absolute Gasteiger partial charge is 0.216 e. The Bertz CT molecular complexity index is 1000. The maximum atomic E-state index is 6.15. The van der Waals surface area contributed by atoms with Gasteiger partial charge in [0.25, 0.3) is 0 Å². The van der Waals surface area contributed by atoms with Crippen molar-refractivity contribution in [1.29, 1.82) is 0 Å². The minimum atomic E-state index is 0.173. The van der Waals surface area contributed by atoms with Crippen LogP contribution in [0.15, 0.2) is 47.6 Å². The van der Waals surface area contributed by atoms with Crippen LogP contribution in [0.5, 0.6) is 11.5 Å². The third-order valence-corrected chi connectivity index (χ3v) is 4.23. The molecule has 0 saturated heterocycles. The lowest BCUT2D eigenvalue weighted by molar-refractivity contribution is 0.288. The van der Waals surface area contributed by atoms with E-state index in [-0.39, 0.29) is 6.61 Å². The number of methoxy groups -OCH3 is 1. The van der Waals surface area contributed by atoms with E-state index >= 15 is 0 Å². The lowest BCUT2D eigenvalue weighted by atomic mass is 10.2. The number of ether oxygens (including phenoxy) is 2. The molecule has 2 aromatic carbocycles. The van der Waals surface area contributed by atoms with E-state index < -0.39 is 0 Å². The zero-order valence-electron chi connectivity index (χ0n) is 13.6. The van der Waals surface area contributed by atoms with E-state index in [1.165, 1.54) is 4.68 Å². The molecule has 0 amide bonds. The number of halogens is 2. The molecule has 0 bridgehead atoms. The van der Waals surface area contributed by atoms with Crippen molar-refractivity contribution in [2.75, 3.05) is 7.11 Å². The van der Waals surface area contributed by atoms with Crippen LogP contribution >= 0.6 is 35.4 Å². The molecule has 0 fully saturated rings. The lowest BCUT2D eigenvalue weighted by Crippen LogP contribution is -2.04. The second-order valence-corrected chi connectivity index (χ2v) is 6.37. The van der Waals surface area contributed by atoms with Crippen LogP contribution in [-0.4, -0.2) is 28.2 Å². The summed E-state index contributed by atoms with van der Waals surface area (Å²) in [6.07, 6.45) is 1.58. The highest BCUT2D eigenvalue weighted by atomic mass is 35.5. The van der Waals surface area contributed by atoms with Crippen molar-refractivity contribution in [2.24, 2.45) is 5.10 Å². The SMILES string of the molecule is COc1cccc(OCc2n[nH]c(=S)n2/N=C\c2ccc(Cl)cc2Cl)c1. The normalized spacial score (nSPS) is 11.0. The van der Waals surface area contributed by atoms with Crippen molar-refractivity contribution in [3.63, 3.8) is 0 Å². The van der Waals surface area contributed by atoms with E-state index in [2.05, 4.69) is 15.3 Å². The Labute approximate surface area is 165 Å². The summed E-state index contributed by atoms with van der Waals surface area (Å²) in [7, 11) is 1.60. The first-order chi connectivity index (χ1) is 12.6. The fraction of sp³-hybridized carbons (Fsp3) is 0.118. The molecule has 3 rings (SSSR count). The number of aromatic nitrogens is 3. The molecule has 0 atom stereocenters. The number of nitrogens with one attached hydrogen (secondary N) is 1. The van der Waals surface area contributed by atoms with Gasteiger partial charge in [0.05, 0.1) is 18.3 Å². The van der Waals surface area contributed by atoms with E-state index in [1.807, 2.05) is 18.2 Å². The van der Waals surface area contributed by atoms with Gasteiger partial charge in [-0.05, 0) is 36.5 Å². The number of rotatable bonds is 6. The Morgan fingerprint density at radius 2 is 2.04 bits per heavy atom. The van der Waals surface area contributed by atoms with Crippen molar-refractivity contribution in [2.45, 2.75) is 6.61 Å². The Balaban J connectivity index is 1.78. The predicted molar refractivity (Wildman–Crippen MR) is 104 cm³/mol. The van der Waals surface area contributed by atoms with Crippen LogP contribution in [0.1, 0.15) is 11.4 Å². The van der Waals surface area contributed by atoms with Gasteiger partial charge in [0, 0.05) is 16.7 Å². The molecule has 0 aliphatic heterocycles.